The summed E-state index contributed by atoms with van der Waals surface area (Å²) >= 11 is 0. The lowest BCUT2D eigenvalue weighted by Gasteiger charge is -2.30. The molecule has 7 heteroatoms. The van der Waals surface area contributed by atoms with Crippen molar-refractivity contribution in [1.82, 2.24) is 15.1 Å². The minimum Gasteiger partial charge on any atom is -0.383 e. The number of hydrogen-bond acceptors (Lipinski definition) is 4. The third-order valence-electron chi connectivity index (χ3n) is 6.48. The van der Waals surface area contributed by atoms with Crippen LogP contribution in [0.4, 0.5) is 4.79 Å². The van der Waals surface area contributed by atoms with Gasteiger partial charge in [0.2, 0.25) is 5.91 Å². The van der Waals surface area contributed by atoms with Gasteiger partial charge in [-0.25, -0.2) is 4.79 Å². The summed E-state index contributed by atoms with van der Waals surface area (Å²) in [4.78, 5) is 43.0. The number of benzene rings is 2. The van der Waals surface area contributed by atoms with Crippen molar-refractivity contribution in [3.63, 3.8) is 0 Å². The van der Waals surface area contributed by atoms with E-state index in [4.69, 9.17) is 4.74 Å². The van der Waals surface area contributed by atoms with Gasteiger partial charge in [0.15, 0.2) is 5.54 Å². The Morgan fingerprint density at radius 3 is 2.41 bits per heavy atom. The van der Waals surface area contributed by atoms with Crippen molar-refractivity contribution in [2.75, 3.05) is 26.8 Å². The molecule has 2 aromatic rings. The van der Waals surface area contributed by atoms with Gasteiger partial charge in [-0.05, 0) is 36.8 Å². The Hall–Kier alpha value is -3.45. The van der Waals surface area contributed by atoms with Gasteiger partial charge in [-0.3, -0.25) is 14.5 Å². The van der Waals surface area contributed by atoms with E-state index < -0.39 is 17.5 Å². The molecule has 4 rings (SSSR count). The summed E-state index contributed by atoms with van der Waals surface area (Å²) in [6.45, 7) is 0.457. The molecule has 0 spiro atoms. The van der Waals surface area contributed by atoms with Crippen molar-refractivity contribution in [2.24, 2.45) is 0 Å². The van der Waals surface area contributed by atoms with Gasteiger partial charge in [-0.2, -0.15) is 0 Å². The number of imide groups is 1. The minimum absolute atomic E-state index is 0.280. The predicted molar refractivity (Wildman–Crippen MR) is 129 cm³/mol. The van der Waals surface area contributed by atoms with Gasteiger partial charge in [0.05, 0.1) is 6.61 Å². The molecule has 0 aromatic heterocycles. The fourth-order valence-electron chi connectivity index (χ4n) is 4.71. The van der Waals surface area contributed by atoms with Crippen molar-refractivity contribution in [1.29, 1.82) is 0 Å². The van der Waals surface area contributed by atoms with Gasteiger partial charge in [0, 0.05) is 25.8 Å². The summed E-state index contributed by atoms with van der Waals surface area (Å²) in [5.74, 6) is -0.692. The SMILES string of the molecule is COCCN(C(=O)CN1C(=O)N[C@@](Cc2ccccc2)(c2ccccc2)C1=O)C1=CCCCC1. The lowest BCUT2D eigenvalue weighted by molar-refractivity contribution is -0.138. The largest absolute Gasteiger partial charge is 0.383 e. The lowest BCUT2D eigenvalue weighted by atomic mass is 9.83. The number of methoxy groups -OCH3 is 1. The van der Waals surface area contributed by atoms with Crippen LogP contribution in [0.5, 0.6) is 0 Å². The molecule has 2 aliphatic rings. The maximum Gasteiger partial charge on any atom is 0.325 e. The highest BCUT2D eigenvalue weighted by Crippen LogP contribution is 2.33. The van der Waals surface area contributed by atoms with Crippen LogP contribution in [0.3, 0.4) is 0 Å². The Morgan fingerprint density at radius 2 is 1.76 bits per heavy atom. The van der Waals surface area contributed by atoms with E-state index >= 15 is 0 Å². The average Bonchev–Trinajstić information content (AvgIpc) is 3.11. The second-order valence-corrected chi connectivity index (χ2v) is 8.73. The van der Waals surface area contributed by atoms with Crippen LogP contribution in [-0.2, 0) is 26.3 Å². The van der Waals surface area contributed by atoms with E-state index in [1.807, 2.05) is 60.7 Å². The van der Waals surface area contributed by atoms with E-state index in [1.54, 1.807) is 12.0 Å². The number of nitrogens with zero attached hydrogens (tertiary/aromatic N) is 2. The molecular weight excluding hydrogens is 430 g/mol. The Bertz CT molecular complexity index is 1050. The molecule has 0 bridgehead atoms. The third kappa shape index (κ3) is 4.89. The number of hydrogen-bond donors (Lipinski definition) is 1. The number of amides is 4. The highest BCUT2D eigenvalue weighted by Gasteiger charge is 2.53. The second-order valence-electron chi connectivity index (χ2n) is 8.73. The summed E-state index contributed by atoms with van der Waals surface area (Å²) in [7, 11) is 1.59. The molecule has 1 aliphatic carbocycles. The monoisotopic (exact) mass is 461 g/mol. The van der Waals surface area contributed by atoms with Gasteiger partial charge in [-0.15, -0.1) is 0 Å². The zero-order valence-electron chi connectivity index (χ0n) is 19.5. The first-order valence-corrected chi connectivity index (χ1v) is 11.8. The molecule has 1 heterocycles. The van der Waals surface area contributed by atoms with E-state index in [0.717, 1.165) is 41.8 Å². The molecule has 1 atom stereocenters. The van der Waals surface area contributed by atoms with Gasteiger partial charge in [0.1, 0.15) is 6.54 Å². The number of nitrogens with one attached hydrogen (secondary N) is 1. The molecule has 1 fully saturated rings. The van der Waals surface area contributed by atoms with Crippen molar-refractivity contribution >= 4 is 17.8 Å². The summed E-state index contributed by atoms with van der Waals surface area (Å²) in [6.07, 6.45) is 6.21. The number of allylic oxidation sites excluding steroid dienone is 2. The maximum absolute atomic E-state index is 13.8. The van der Waals surface area contributed by atoms with Gasteiger partial charge >= 0.3 is 6.03 Å². The van der Waals surface area contributed by atoms with E-state index in [1.165, 1.54) is 0 Å². The normalized spacial score (nSPS) is 20.1. The molecule has 178 valence electrons. The molecule has 1 saturated heterocycles. The molecule has 0 unspecified atom stereocenters. The van der Waals surface area contributed by atoms with Gasteiger partial charge < -0.3 is 15.0 Å². The highest BCUT2D eigenvalue weighted by atomic mass is 16.5. The van der Waals surface area contributed by atoms with E-state index in [2.05, 4.69) is 11.4 Å². The van der Waals surface area contributed by atoms with Crippen molar-refractivity contribution < 1.29 is 19.1 Å². The van der Waals surface area contributed by atoms with E-state index in [0.29, 0.717) is 25.1 Å². The molecule has 7 nitrogen and oxygen atoms in total. The number of carbonyl (C=O) groups is 3. The van der Waals surface area contributed by atoms with Crippen molar-refractivity contribution in [3.05, 3.63) is 83.6 Å². The average molecular weight is 462 g/mol. The first-order chi connectivity index (χ1) is 16.5. The lowest BCUT2D eigenvalue weighted by Crippen LogP contribution is -2.47. The number of ether oxygens (including phenoxy) is 1. The molecule has 1 N–H and O–H groups in total. The molecular formula is C27H31N3O4. The van der Waals surface area contributed by atoms with Gasteiger partial charge in [0.25, 0.3) is 5.91 Å². The molecule has 2 aromatic carbocycles. The number of carbonyl (C=O) groups excluding carboxylic acids is 3. The van der Waals surface area contributed by atoms with Crippen LogP contribution in [0, 0.1) is 0 Å². The van der Waals surface area contributed by atoms with Crippen LogP contribution in [0.2, 0.25) is 0 Å². The van der Waals surface area contributed by atoms with E-state index in [-0.39, 0.29) is 12.5 Å². The molecule has 0 radical (unpaired) electrons. The zero-order valence-corrected chi connectivity index (χ0v) is 19.5. The van der Waals surface area contributed by atoms with Crippen LogP contribution in [-0.4, -0.2) is 54.5 Å². The molecule has 4 amide bonds. The summed E-state index contributed by atoms with van der Waals surface area (Å²) in [5.41, 5.74) is 1.29. The Labute approximate surface area is 200 Å². The van der Waals surface area contributed by atoms with Gasteiger partial charge in [-0.1, -0.05) is 66.7 Å². The Balaban J connectivity index is 1.61. The topological polar surface area (TPSA) is 79.0 Å². The summed E-state index contributed by atoms with van der Waals surface area (Å²) in [6, 6.07) is 18.3. The van der Waals surface area contributed by atoms with Crippen LogP contribution >= 0.6 is 0 Å². The number of urea groups is 1. The fourth-order valence-corrected chi connectivity index (χ4v) is 4.71. The first kappa shape index (κ1) is 23.7. The fraction of sp³-hybridized carbons (Fsp3) is 0.370. The van der Waals surface area contributed by atoms with Crippen LogP contribution < -0.4 is 5.32 Å². The smallest absolute Gasteiger partial charge is 0.325 e. The molecule has 0 saturated carbocycles. The quantitative estimate of drug-likeness (QED) is 0.579. The van der Waals surface area contributed by atoms with Crippen LogP contribution in [0.1, 0.15) is 36.8 Å². The Kier molecular flexibility index (Phi) is 7.43. The third-order valence-corrected chi connectivity index (χ3v) is 6.48. The summed E-state index contributed by atoms with van der Waals surface area (Å²) in [5, 5.41) is 2.93. The van der Waals surface area contributed by atoms with E-state index in [9.17, 15) is 14.4 Å². The highest BCUT2D eigenvalue weighted by molar-refractivity contribution is 6.09. The zero-order chi connectivity index (χ0) is 24.0. The van der Waals surface area contributed by atoms with Crippen molar-refractivity contribution in [2.45, 2.75) is 37.6 Å². The maximum atomic E-state index is 13.8. The second kappa shape index (κ2) is 10.7. The van der Waals surface area contributed by atoms with Crippen LogP contribution in [0.15, 0.2) is 72.4 Å². The first-order valence-electron chi connectivity index (χ1n) is 11.8. The Morgan fingerprint density at radius 1 is 1.06 bits per heavy atom. The predicted octanol–water partition coefficient (Wildman–Crippen LogP) is 3.61. The molecule has 1 aliphatic heterocycles. The van der Waals surface area contributed by atoms with Crippen LogP contribution in [0.25, 0.3) is 0 Å². The summed E-state index contributed by atoms with van der Waals surface area (Å²) < 4.78 is 5.20. The standard InChI is InChI=1S/C27H31N3O4/c1-34-18-17-29(23-15-9-4-10-16-23)24(31)20-30-25(32)27(28-26(30)33,22-13-7-3-8-14-22)19-21-11-5-2-6-12-21/h2-3,5-8,11-15H,4,9-10,16-20H2,1H3,(H,28,33)/t27-/m0/s1. The molecule has 34 heavy (non-hydrogen) atoms. The van der Waals surface area contributed by atoms with Crippen molar-refractivity contribution in [3.8, 4) is 0 Å². The number of rotatable bonds is 9. The minimum atomic E-state index is -1.26.